The summed E-state index contributed by atoms with van der Waals surface area (Å²) >= 11 is 0. The number of nitrogens with two attached hydrogens (primary N) is 1. The largest absolute Gasteiger partial charge is 0.340 e. The van der Waals surface area contributed by atoms with E-state index < -0.39 is 0 Å². The van der Waals surface area contributed by atoms with Crippen LogP contribution in [0.2, 0.25) is 0 Å². The minimum absolute atomic E-state index is 0. The molecule has 6 heteroatoms. The van der Waals surface area contributed by atoms with Gasteiger partial charge in [-0.1, -0.05) is 60.7 Å². The number of rotatable bonds is 4. The van der Waals surface area contributed by atoms with Crippen LogP contribution in [0.3, 0.4) is 0 Å². The third-order valence-corrected chi connectivity index (χ3v) is 6.01. The molecule has 2 N–H and O–H groups in total. The average Bonchev–Trinajstić information content (AvgIpc) is 3.11. The second-order valence-corrected chi connectivity index (χ2v) is 7.98. The third kappa shape index (κ3) is 5.73. The lowest BCUT2D eigenvalue weighted by molar-refractivity contribution is -0.136. The second kappa shape index (κ2) is 11.0. The number of likely N-dealkylation sites (tertiary alicyclic amines) is 2. The summed E-state index contributed by atoms with van der Waals surface area (Å²) in [5.41, 5.74) is 8.96. The maximum Gasteiger partial charge on any atom is 0.227 e. The lowest BCUT2D eigenvalue weighted by Gasteiger charge is -2.34. The lowest BCUT2D eigenvalue weighted by atomic mass is 9.95. The summed E-state index contributed by atoms with van der Waals surface area (Å²) < 4.78 is 0. The minimum Gasteiger partial charge on any atom is -0.340 e. The van der Waals surface area contributed by atoms with Crippen molar-refractivity contribution in [2.24, 2.45) is 11.7 Å². The van der Waals surface area contributed by atoms with E-state index in [2.05, 4.69) is 53.4 Å². The van der Waals surface area contributed by atoms with Crippen molar-refractivity contribution in [2.75, 3.05) is 26.2 Å². The molecule has 2 heterocycles. The van der Waals surface area contributed by atoms with Gasteiger partial charge in [-0.05, 0) is 30.5 Å². The molecular weight excluding hydrogens is 405 g/mol. The smallest absolute Gasteiger partial charge is 0.227 e. The first-order valence-electron chi connectivity index (χ1n) is 10.1. The van der Waals surface area contributed by atoms with Crippen molar-refractivity contribution in [3.05, 3.63) is 71.8 Å². The zero-order chi connectivity index (χ0) is 18.6. The van der Waals surface area contributed by atoms with Crippen LogP contribution in [-0.4, -0.2) is 47.9 Å². The molecule has 0 aromatic heterocycles. The second-order valence-electron chi connectivity index (χ2n) is 7.98. The van der Waals surface area contributed by atoms with Crippen LogP contribution in [0, 0.1) is 5.92 Å². The zero-order valence-corrected chi connectivity index (χ0v) is 18.3. The first-order chi connectivity index (χ1) is 13.2. The summed E-state index contributed by atoms with van der Waals surface area (Å²) in [4.78, 5) is 17.6. The van der Waals surface area contributed by atoms with Gasteiger partial charge < -0.3 is 10.6 Å². The fourth-order valence-electron chi connectivity index (χ4n) is 4.56. The van der Waals surface area contributed by atoms with Gasteiger partial charge >= 0.3 is 0 Å². The highest BCUT2D eigenvalue weighted by atomic mass is 35.5. The molecule has 0 radical (unpaired) electrons. The highest BCUT2D eigenvalue weighted by Crippen LogP contribution is 2.29. The summed E-state index contributed by atoms with van der Waals surface area (Å²) in [7, 11) is 0. The Labute approximate surface area is 186 Å². The Morgan fingerprint density at radius 1 is 0.931 bits per heavy atom. The van der Waals surface area contributed by atoms with E-state index in [1.807, 2.05) is 17.0 Å². The number of nitrogens with zero attached hydrogens (tertiary/aromatic N) is 2. The standard InChI is InChI=1S/C23H29N3O.2ClH/c24-22-17-26(16-21(22)19-10-5-2-6-11-19)23(27)20-12-7-13-25(15-20)14-18-8-3-1-4-9-18;;/h1-6,8-11,20-22H,7,12-17,24H2;2*1H/t20?,21-,22+;;/m0../s1. The molecule has 2 fully saturated rings. The summed E-state index contributed by atoms with van der Waals surface area (Å²) in [5, 5.41) is 0. The molecule has 0 aliphatic carbocycles. The molecule has 29 heavy (non-hydrogen) atoms. The zero-order valence-electron chi connectivity index (χ0n) is 16.7. The van der Waals surface area contributed by atoms with Gasteiger partial charge in [0.05, 0.1) is 5.92 Å². The van der Waals surface area contributed by atoms with Gasteiger partial charge in [-0.25, -0.2) is 0 Å². The number of hydrogen-bond donors (Lipinski definition) is 1. The van der Waals surface area contributed by atoms with Crippen molar-refractivity contribution in [3.63, 3.8) is 0 Å². The van der Waals surface area contributed by atoms with E-state index in [4.69, 9.17) is 5.73 Å². The first kappa shape index (κ1) is 23.7. The van der Waals surface area contributed by atoms with E-state index in [0.29, 0.717) is 12.5 Å². The van der Waals surface area contributed by atoms with Gasteiger partial charge in [0, 0.05) is 38.1 Å². The Balaban J connectivity index is 0.00000150. The van der Waals surface area contributed by atoms with Crippen molar-refractivity contribution >= 4 is 30.7 Å². The molecule has 3 atom stereocenters. The number of carbonyl (C=O) groups excluding carboxylic acids is 1. The third-order valence-electron chi connectivity index (χ3n) is 6.01. The molecule has 1 amide bonds. The van der Waals surface area contributed by atoms with Crippen molar-refractivity contribution in [3.8, 4) is 0 Å². The van der Waals surface area contributed by atoms with E-state index >= 15 is 0 Å². The Bertz CT molecular complexity index is 759. The molecule has 2 aliphatic heterocycles. The van der Waals surface area contributed by atoms with Gasteiger partial charge in [0.25, 0.3) is 0 Å². The highest BCUT2D eigenvalue weighted by molar-refractivity contribution is 5.85. The predicted molar refractivity (Wildman–Crippen MR) is 123 cm³/mol. The number of carbonyl (C=O) groups is 1. The minimum atomic E-state index is 0. The van der Waals surface area contributed by atoms with Crippen LogP contribution in [0.15, 0.2) is 60.7 Å². The highest BCUT2D eigenvalue weighted by Gasteiger charge is 2.37. The van der Waals surface area contributed by atoms with Crippen LogP contribution >= 0.6 is 24.8 Å². The van der Waals surface area contributed by atoms with E-state index in [-0.39, 0.29) is 42.7 Å². The molecule has 2 aromatic carbocycles. The molecule has 0 saturated carbocycles. The van der Waals surface area contributed by atoms with Crippen molar-refractivity contribution in [2.45, 2.75) is 31.3 Å². The Kier molecular flexibility index (Phi) is 8.97. The van der Waals surface area contributed by atoms with E-state index in [1.165, 1.54) is 11.1 Å². The normalized spacial score (nSPS) is 24.4. The summed E-state index contributed by atoms with van der Waals surface area (Å²) in [6, 6.07) is 20.9. The monoisotopic (exact) mass is 435 g/mol. The van der Waals surface area contributed by atoms with E-state index in [1.54, 1.807) is 0 Å². The lowest BCUT2D eigenvalue weighted by Crippen LogP contribution is -2.44. The van der Waals surface area contributed by atoms with Crippen LogP contribution < -0.4 is 5.73 Å². The topological polar surface area (TPSA) is 49.6 Å². The SMILES string of the molecule is Cl.Cl.N[C@@H]1CN(C(=O)C2CCCN(Cc3ccccc3)C2)C[C@H]1c1ccccc1. The molecule has 2 aromatic rings. The number of benzene rings is 2. The maximum absolute atomic E-state index is 13.2. The summed E-state index contributed by atoms with van der Waals surface area (Å²) in [5.74, 6) is 0.644. The van der Waals surface area contributed by atoms with Crippen LogP contribution in [0.4, 0.5) is 0 Å². The van der Waals surface area contributed by atoms with Crippen molar-refractivity contribution < 1.29 is 4.79 Å². The molecule has 4 nitrogen and oxygen atoms in total. The van der Waals surface area contributed by atoms with Gasteiger partial charge in [-0.15, -0.1) is 24.8 Å². The summed E-state index contributed by atoms with van der Waals surface area (Å²) in [6.07, 6.45) is 2.08. The fourth-order valence-corrected chi connectivity index (χ4v) is 4.56. The molecular formula is C23H31Cl2N3O. The number of hydrogen-bond acceptors (Lipinski definition) is 3. The quantitative estimate of drug-likeness (QED) is 0.796. The maximum atomic E-state index is 13.2. The Hall–Kier alpha value is -1.59. The molecule has 0 bridgehead atoms. The number of amides is 1. The van der Waals surface area contributed by atoms with Crippen molar-refractivity contribution in [1.29, 1.82) is 0 Å². The van der Waals surface area contributed by atoms with Crippen LogP contribution in [-0.2, 0) is 11.3 Å². The molecule has 158 valence electrons. The van der Waals surface area contributed by atoms with Crippen LogP contribution in [0.5, 0.6) is 0 Å². The summed E-state index contributed by atoms with van der Waals surface area (Å²) in [6.45, 7) is 4.28. The van der Waals surface area contributed by atoms with Crippen LogP contribution in [0.1, 0.15) is 29.9 Å². The van der Waals surface area contributed by atoms with Gasteiger partial charge in [0.2, 0.25) is 5.91 Å². The van der Waals surface area contributed by atoms with Gasteiger partial charge in [0.1, 0.15) is 0 Å². The van der Waals surface area contributed by atoms with E-state index in [0.717, 1.165) is 39.0 Å². The van der Waals surface area contributed by atoms with Crippen molar-refractivity contribution in [1.82, 2.24) is 9.80 Å². The molecule has 0 spiro atoms. The number of piperidine rings is 1. The first-order valence-corrected chi connectivity index (χ1v) is 10.1. The molecule has 4 rings (SSSR count). The fraction of sp³-hybridized carbons (Fsp3) is 0.435. The number of halogens is 2. The van der Waals surface area contributed by atoms with Gasteiger partial charge in [0.15, 0.2) is 0 Å². The average molecular weight is 436 g/mol. The van der Waals surface area contributed by atoms with Gasteiger partial charge in [-0.3, -0.25) is 9.69 Å². The predicted octanol–water partition coefficient (Wildman–Crippen LogP) is 3.70. The van der Waals surface area contributed by atoms with E-state index in [9.17, 15) is 4.79 Å². The molecule has 1 unspecified atom stereocenters. The Morgan fingerprint density at radius 3 is 2.28 bits per heavy atom. The Morgan fingerprint density at radius 2 is 1.59 bits per heavy atom. The van der Waals surface area contributed by atoms with Crippen LogP contribution in [0.25, 0.3) is 0 Å². The van der Waals surface area contributed by atoms with Gasteiger partial charge in [-0.2, -0.15) is 0 Å². The molecule has 2 aliphatic rings. The molecule has 2 saturated heterocycles.